The molecule has 4 rings (SSSR count). The smallest absolute Gasteiger partial charge is 0.296 e. The van der Waals surface area contributed by atoms with E-state index in [1.807, 2.05) is 0 Å². The highest BCUT2D eigenvalue weighted by atomic mass is 32.2. The molecule has 1 amide bonds. The Bertz CT molecular complexity index is 1830. The maximum atomic E-state index is 12.9. The van der Waals surface area contributed by atoms with Crippen LogP contribution in [-0.2, 0) is 20.2 Å². The van der Waals surface area contributed by atoms with Gasteiger partial charge in [0.25, 0.3) is 26.1 Å². The van der Waals surface area contributed by atoms with Crippen molar-refractivity contribution in [3.63, 3.8) is 0 Å². The fourth-order valence-electron chi connectivity index (χ4n) is 4.08. The van der Waals surface area contributed by atoms with Crippen molar-refractivity contribution in [2.45, 2.75) is 30.6 Å². The summed E-state index contributed by atoms with van der Waals surface area (Å²) in [5.41, 5.74) is 2.39. The third-order valence-corrected chi connectivity index (χ3v) is 7.57. The molecule has 4 aromatic rings. The summed E-state index contributed by atoms with van der Waals surface area (Å²) in [4.78, 5) is 12.1. The van der Waals surface area contributed by atoms with Gasteiger partial charge in [-0.3, -0.25) is 13.9 Å². The van der Waals surface area contributed by atoms with Crippen LogP contribution in [0, 0.1) is 20.8 Å². The standard InChI is InChI=1S/C26H23N3O7S2/c1-15-9-10-21(23(11-15)38(34,35)36)28-29-25-16(2)12-19-13-20(37(31,32)33)14-22(24(19)17(25)3)27-26(30)18-7-5-4-6-8-18/h4-14H,1-3H3,(H,27,30)(H,31,32,33)(H,34,35,36). The Morgan fingerprint density at radius 3 is 2.13 bits per heavy atom. The Balaban J connectivity index is 1.91. The van der Waals surface area contributed by atoms with E-state index in [0.29, 0.717) is 38.7 Å². The minimum atomic E-state index is -4.60. The van der Waals surface area contributed by atoms with Crippen LogP contribution in [0.1, 0.15) is 27.0 Å². The highest BCUT2D eigenvalue weighted by Crippen LogP contribution is 2.39. The molecule has 0 atom stereocenters. The fraction of sp³-hybridized carbons (Fsp3) is 0.115. The van der Waals surface area contributed by atoms with E-state index in [2.05, 4.69) is 15.5 Å². The second-order valence-corrected chi connectivity index (χ2v) is 11.5. The number of aryl methyl sites for hydroxylation is 3. The predicted octanol–water partition coefficient (Wildman–Crippen LogP) is 5.93. The van der Waals surface area contributed by atoms with Crippen LogP contribution in [0.25, 0.3) is 10.8 Å². The van der Waals surface area contributed by atoms with Crippen LogP contribution in [0.5, 0.6) is 0 Å². The first-order chi connectivity index (χ1) is 17.8. The first kappa shape index (κ1) is 27.1. The lowest BCUT2D eigenvalue weighted by atomic mass is 9.98. The number of hydrogen-bond acceptors (Lipinski definition) is 7. The van der Waals surface area contributed by atoms with Crippen LogP contribution >= 0.6 is 0 Å². The van der Waals surface area contributed by atoms with Gasteiger partial charge in [-0.25, -0.2) is 0 Å². The number of hydrogen-bond donors (Lipinski definition) is 3. The molecule has 0 aromatic heterocycles. The van der Waals surface area contributed by atoms with E-state index in [1.165, 1.54) is 18.2 Å². The molecule has 38 heavy (non-hydrogen) atoms. The molecule has 0 aliphatic heterocycles. The van der Waals surface area contributed by atoms with E-state index in [1.54, 1.807) is 63.2 Å². The minimum absolute atomic E-state index is 0.0728. The van der Waals surface area contributed by atoms with Crippen LogP contribution in [0.15, 0.2) is 86.7 Å². The predicted molar refractivity (Wildman–Crippen MR) is 143 cm³/mol. The van der Waals surface area contributed by atoms with Gasteiger partial charge in [0.2, 0.25) is 0 Å². The van der Waals surface area contributed by atoms with Crippen molar-refractivity contribution in [1.29, 1.82) is 0 Å². The molecule has 12 heteroatoms. The summed E-state index contributed by atoms with van der Waals surface area (Å²) in [5, 5.41) is 11.9. The molecule has 10 nitrogen and oxygen atoms in total. The van der Waals surface area contributed by atoms with E-state index < -0.39 is 35.9 Å². The quantitative estimate of drug-likeness (QED) is 0.197. The number of anilines is 1. The largest absolute Gasteiger partial charge is 0.321 e. The zero-order valence-corrected chi connectivity index (χ0v) is 22.1. The van der Waals surface area contributed by atoms with Crippen LogP contribution in [0.2, 0.25) is 0 Å². The fourth-order valence-corrected chi connectivity index (χ4v) is 5.34. The maximum absolute atomic E-state index is 12.9. The number of nitrogens with one attached hydrogen (secondary N) is 1. The number of fused-ring (bicyclic) bond motifs is 1. The Morgan fingerprint density at radius 1 is 0.816 bits per heavy atom. The molecule has 4 aromatic carbocycles. The first-order valence-corrected chi connectivity index (χ1v) is 14.1. The second kappa shape index (κ2) is 10.1. The van der Waals surface area contributed by atoms with Gasteiger partial charge in [0.15, 0.2) is 0 Å². The van der Waals surface area contributed by atoms with Crippen LogP contribution in [0.4, 0.5) is 17.1 Å². The Morgan fingerprint density at radius 2 is 1.50 bits per heavy atom. The molecule has 0 spiro atoms. The van der Waals surface area contributed by atoms with Gasteiger partial charge in [-0.05, 0) is 85.3 Å². The van der Waals surface area contributed by atoms with Gasteiger partial charge < -0.3 is 5.32 Å². The van der Waals surface area contributed by atoms with Crippen LogP contribution < -0.4 is 5.32 Å². The molecule has 0 fully saturated rings. The lowest BCUT2D eigenvalue weighted by Gasteiger charge is -2.16. The van der Waals surface area contributed by atoms with Gasteiger partial charge in [-0.15, -0.1) is 10.2 Å². The average molecular weight is 554 g/mol. The Kier molecular flexibility index (Phi) is 7.17. The third kappa shape index (κ3) is 5.63. The summed E-state index contributed by atoms with van der Waals surface area (Å²) in [7, 11) is -9.16. The zero-order valence-electron chi connectivity index (χ0n) is 20.5. The number of azo groups is 1. The molecule has 0 aliphatic carbocycles. The molecule has 0 radical (unpaired) electrons. The van der Waals surface area contributed by atoms with Gasteiger partial charge >= 0.3 is 0 Å². The topological polar surface area (TPSA) is 163 Å². The van der Waals surface area contributed by atoms with Crippen LogP contribution in [-0.4, -0.2) is 31.8 Å². The summed E-state index contributed by atoms with van der Waals surface area (Å²) in [6.45, 7) is 5.05. The molecule has 0 bridgehead atoms. The van der Waals surface area contributed by atoms with Gasteiger partial charge in [-0.2, -0.15) is 16.8 Å². The highest BCUT2D eigenvalue weighted by molar-refractivity contribution is 7.86. The SMILES string of the molecule is Cc1ccc(N=Nc2c(C)cc3cc(S(=O)(=O)O)cc(NC(=O)c4ccccc4)c3c2C)c(S(=O)(=O)O)c1. The van der Waals surface area contributed by atoms with Crippen molar-refractivity contribution in [3.05, 3.63) is 89.0 Å². The lowest BCUT2D eigenvalue weighted by Crippen LogP contribution is -2.13. The lowest BCUT2D eigenvalue weighted by molar-refractivity contribution is 0.102. The molecule has 0 unspecified atom stereocenters. The first-order valence-electron chi connectivity index (χ1n) is 11.2. The molecular weight excluding hydrogens is 530 g/mol. The van der Waals surface area contributed by atoms with Gasteiger partial charge in [0.05, 0.1) is 16.3 Å². The van der Waals surface area contributed by atoms with E-state index in [4.69, 9.17) is 0 Å². The number of benzene rings is 4. The maximum Gasteiger partial charge on any atom is 0.296 e. The number of nitrogens with zero attached hydrogens (tertiary/aromatic N) is 2. The van der Waals surface area contributed by atoms with Gasteiger partial charge in [0.1, 0.15) is 10.6 Å². The van der Waals surface area contributed by atoms with Gasteiger partial charge in [0, 0.05) is 10.9 Å². The normalized spacial score (nSPS) is 12.2. The molecule has 3 N–H and O–H groups in total. The van der Waals surface area contributed by atoms with E-state index in [0.717, 1.165) is 6.07 Å². The third-order valence-electron chi connectivity index (χ3n) is 5.85. The zero-order chi connectivity index (χ0) is 27.8. The Labute approximate surface area is 219 Å². The minimum Gasteiger partial charge on any atom is -0.321 e. The summed E-state index contributed by atoms with van der Waals surface area (Å²) in [5.74, 6) is -0.500. The second-order valence-electron chi connectivity index (χ2n) is 8.68. The van der Waals surface area contributed by atoms with Crippen molar-refractivity contribution in [2.24, 2.45) is 10.2 Å². The molecule has 0 saturated carbocycles. The van der Waals surface area contributed by atoms with E-state index in [-0.39, 0.29) is 11.4 Å². The summed E-state index contributed by atoms with van der Waals surface area (Å²) in [6, 6.07) is 16.6. The highest BCUT2D eigenvalue weighted by Gasteiger charge is 2.20. The molecular formula is C26H23N3O7S2. The summed E-state index contributed by atoms with van der Waals surface area (Å²) >= 11 is 0. The van der Waals surface area contributed by atoms with Crippen molar-refractivity contribution >= 4 is 54.0 Å². The molecule has 196 valence electrons. The number of rotatable bonds is 6. The van der Waals surface area contributed by atoms with Crippen molar-refractivity contribution in [1.82, 2.24) is 0 Å². The molecule has 0 aliphatic rings. The number of carbonyl (C=O) groups excluding carboxylic acids is 1. The summed E-state index contributed by atoms with van der Waals surface area (Å²) < 4.78 is 66.9. The van der Waals surface area contributed by atoms with E-state index in [9.17, 15) is 30.7 Å². The number of amides is 1. The van der Waals surface area contributed by atoms with Crippen molar-refractivity contribution in [3.8, 4) is 0 Å². The molecule has 0 heterocycles. The van der Waals surface area contributed by atoms with Crippen molar-refractivity contribution in [2.75, 3.05) is 5.32 Å². The van der Waals surface area contributed by atoms with Gasteiger partial charge in [-0.1, -0.05) is 24.3 Å². The Hall–Kier alpha value is -3.97. The van der Waals surface area contributed by atoms with Crippen molar-refractivity contribution < 1.29 is 30.7 Å². The molecule has 0 saturated heterocycles. The van der Waals surface area contributed by atoms with E-state index >= 15 is 0 Å². The number of carbonyl (C=O) groups is 1. The average Bonchev–Trinajstić information content (AvgIpc) is 2.83. The summed E-state index contributed by atoms with van der Waals surface area (Å²) in [6.07, 6.45) is 0. The van der Waals surface area contributed by atoms with Crippen LogP contribution in [0.3, 0.4) is 0 Å². The monoisotopic (exact) mass is 553 g/mol.